The molecule has 3 nitrogen and oxygen atoms in total. The molecule has 0 bridgehead atoms. The lowest BCUT2D eigenvalue weighted by Crippen LogP contribution is -2.64. The molecule has 3 heteroatoms. The van der Waals surface area contributed by atoms with E-state index in [9.17, 15) is 0 Å². The molecule has 2 heterocycles. The first kappa shape index (κ1) is 12.3. The number of fused-ring (bicyclic) bond motifs is 1. The second-order valence-electron chi connectivity index (χ2n) is 5.76. The Labute approximate surface area is 118 Å². The lowest BCUT2D eigenvalue weighted by atomic mass is 9.71. The zero-order chi connectivity index (χ0) is 13.4. The first-order chi connectivity index (χ1) is 9.90. The van der Waals surface area contributed by atoms with E-state index in [0.717, 1.165) is 33.0 Å². The van der Waals surface area contributed by atoms with Crippen LogP contribution in [0.3, 0.4) is 0 Å². The van der Waals surface area contributed by atoms with Crippen molar-refractivity contribution in [3.63, 3.8) is 0 Å². The van der Waals surface area contributed by atoms with Crippen molar-refractivity contribution in [2.75, 3.05) is 33.0 Å². The zero-order valence-electron chi connectivity index (χ0n) is 11.5. The van der Waals surface area contributed by atoms with E-state index in [1.54, 1.807) is 0 Å². The fourth-order valence-electron chi connectivity index (χ4n) is 3.45. The van der Waals surface area contributed by atoms with Crippen LogP contribution in [0.1, 0.15) is 5.56 Å². The molecule has 2 aliphatic heterocycles. The molecule has 2 fully saturated rings. The van der Waals surface area contributed by atoms with Crippen LogP contribution >= 0.6 is 0 Å². The molecular weight excluding hydrogens is 250 g/mol. The lowest BCUT2D eigenvalue weighted by molar-refractivity contribution is -0.1000. The maximum atomic E-state index is 5.68. The Morgan fingerprint density at radius 3 is 2.60 bits per heavy atom. The lowest BCUT2D eigenvalue weighted by Gasteiger charge is -2.49. The fraction of sp³-hybridized carbons (Fsp3) is 0.412. The molecule has 1 N–H and O–H groups in total. The largest absolute Gasteiger partial charge is 0.379 e. The SMILES string of the molecule is c1ccc2c(C3(C4COCCN4)COC3)cccc2c1. The van der Waals surface area contributed by atoms with Crippen LogP contribution in [-0.2, 0) is 14.9 Å². The highest BCUT2D eigenvalue weighted by Crippen LogP contribution is 2.40. The molecule has 0 radical (unpaired) electrons. The summed E-state index contributed by atoms with van der Waals surface area (Å²) in [5.74, 6) is 0. The van der Waals surface area contributed by atoms with Crippen LogP contribution in [-0.4, -0.2) is 39.0 Å². The third-order valence-corrected chi connectivity index (χ3v) is 4.63. The van der Waals surface area contributed by atoms with Gasteiger partial charge >= 0.3 is 0 Å². The summed E-state index contributed by atoms with van der Waals surface area (Å²) in [6.07, 6.45) is 0. The van der Waals surface area contributed by atoms with Crippen LogP contribution in [0.2, 0.25) is 0 Å². The van der Waals surface area contributed by atoms with E-state index >= 15 is 0 Å². The summed E-state index contributed by atoms with van der Waals surface area (Å²) in [4.78, 5) is 0. The van der Waals surface area contributed by atoms with E-state index in [4.69, 9.17) is 9.47 Å². The standard InChI is InChI=1S/C17H19NO2/c1-2-6-14-13(4-1)5-3-7-15(14)17(11-20-12-17)16-10-19-9-8-18-16/h1-7,16,18H,8-12H2. The van der Waals surface area contributed by atoms with Gasteiger partial charge in [-0.3, -0.25) is 0 Å². The van der Waals surface area contributed by atoms with Gasteiger partial charge in [0.1, 0.15) is 0 Å². The molecule has 2 saturated heterocycles. The topological polar surface area (TPSA) is 30.5 Å². The molecule has 0 spiro atoms. The maximum Gasteiger partial charge on any atom is 0.0630 e. The van der Waals surface area contributed by atoms with E-state index < -0.39 is 0 Å². The van der Waals surface area contributed by atoms with Crippen molar-refractivity contribution in [1.82, 2.24) is 5.32 Å². The summed E-state index contributed by atoms with van der Waals surface area (Å²) in [5, 5.41) is 6.26. The van der Waals surface area contributed by atoms with Gasteiger partial charge in [0.2, 0.25) is 0 Å². The normalized spacial score (nSPS) is 25.3. The Kier molecular flexibility index (Phi) is 2.99. The third kappa shape index (κ3) is 1.78. The van der Waals surface area contributed by atoms with Gasteiger partial charge in [0.15, 0.2) is 0 Å². The Morgan fingerprint density at radius 2 is 1.85 bits per heavy atom. The molecule has 2 aromatic rings. The van der Waals surface area contributed by atoms with Gasteiger partial charge in [0, 0.05) is 12.6 Å². The molecule has 0 aromatic heterocycles. The second kappa shape index (κ2) is 4.85. The van der Waals surface area contributed by atoms with Gasteiger partial charge in [-0.25, -0.2) is 0 Å². The van der Waals surface area contributed by atoms with Crippen molar-refractivity contribution in [2.24, 2.45) is 0 Å². The molecular formula is C17H19NO2. The minimum Gasteiger partial charge on any atom is -0.379 e. The van der Waals surface area contributed by atoms with Gasteiger partial charge in [-0.05, 0) is 16.3 Å². The summed E-state index contributed by atoms with van der Waals surface area (Å²) in [7, 11) is 0. The number of hydrogen-bond donors (Lipinski definition) is 1. The average Bonchev–Trinajstić information content (AvgIpc) is 2.48. The molecule has 0 aliphatic carbocycles. The van der Waals surface area contributed by atoms with Gasteiger partial charge < -0.3 is 14.8 Å². The molecule has 4 rings (SSSR count). The molecule has 1 atom stereocenters. The first-order valence-corrected chi connectivity index (χ1v) is 7.27. The molecule has 0 amide bonds. The summed E-state index contributed by atoms with van der Waals surface area (Å²) in [6, 6.07) is 15.5. The van der Waals surface area contributed by atoms with E-state index in [0.29, 0.717) is 6.04 Å². The average molecular weight is 269 g/mol. The number of benzene rings is 2. The van der Waals surface area contributed by atoms with E-state index in [-0.39, 0.29) is 5.41 Å². The number of nitrogens with one attached hydrogen (secondary N) is 1. The molecule has 0 saturated carbocycles. The van der Waals surface area contributed by atoms with Crippen LogP contribution in [0.4, 0.5) is 0 Å². The summed E-state index contributed by atoms with van der Waals surface area (Å²) in [5.41, 5.74) is 1.45. The number of hydrogen-bond acceptors (Lipinski definition) is 3. The van der Waals surface area contributed by atoms with Crippen molar-refractivity contribution in [2.45, 2.75) is 11.5 Å². The van der Waals surface area contributed by atoms with Crippen LogP contribution in [0.25, 0.3) is 10.8 Å². The van der Waals surface area contributed by atoms with Gasteiger partial charge in [-0.1, -0.05) is 42.5 Å². The molecule has 1 unspecified atom stereocenters. The molecule has 20 heavy (non-hydrogen) atoms. The van der Waals surface area contributed by atoms with Gasteiger partial charge in [-0.2, -0.15) is 0 Å². The Bertz CT molecular complexity index is 610. The number of morpholine rings is 1. The summed E-state index contributed by atoms with van der Waals surface area (Å²) >= 11 is 0. The number of ether oxygens (including phenoxy) is 2. The van der Waals surface area contributed by atoms with Crippen LogP contribution in [0.15, 0.2) is 42.5 Å². The van der Waals surface area contributed by atoms with Crippen molar-refractivity contribution < 1.29 is 9.47 Å². The van der Waals surface area contributed by atoms with E-state index in [1.165, 1.54) is 16.3 Å². The van der Waals surface area contributed by atoms with Gasteiger partial charge in [0.25, 0.3) is 0 Å². The Morgan fingerprint density at radius 1 is 1.00 bits per heavy atom. The van der Waals surface area contributed by atoms with Crippen LogP contribution < -0.4 is 5.32 Å². The predicted octanol–water partition coefficient (Wildman–Crippen LogP) is 2.10. The van der Waals surface area contributed by atoms with Crippen molar-refractivity contribution in [3.8, 4) is 0 Å². The number of rotatable bonds is 2. The quantitative estimate of drug-likeness (QED) is 0.905. The highest BCUT2D eigenvalue weighted by molar-refractivity contribution is 5.87. The maximum absolute atomic E-state index is 5.68. The highest BCUT2D eigenvalue weighted by atomic mass is 16.5. The van der Waals surface area contributed by atoms with Crippen molar-refractivity contribution in [1.29, 1.82) is 0 Å². The molecule has 2 aliphatic rings. The van der Waals surface area contributed by atoms with Gasteiger partial charge in [0.05, 0.1) is 31.8 Å². The highest BCUT2D eigenvalue weighted by Gasteiger charge is 2.48. The van der Waals surface area contributed by atoms with Gasteiger partial charge in [-0.15, -0.1) is 0 Å². The molecule has 104 valence electrons. The van der Waals surface area contributed by atoms with E-state index in [2.05, 4.69) is 47.8 Å². The van der Waals surface area contributed by atoms with Crippen molar-refractivity contribution in [3.05, 3.63) is 48.0 Å². The van der Waals surface area contributed by atoms with Crippen LogP contribution in [0, 0.1) is 0 Å². The first-order valence-electron chi connectivity index (χ1n) is 7.27. The smallest absolute Gasteiger partial charge is 0.0630 e. The second-order valence-corrected chi connectivity index (χ2v) is 5.76. The van der Waals surface area contributed by atoms with Crippen molar-refractivity contribution >= 4 is 10.8 Å². The minimum absolute atomic E-state index is 0.0568. The van der Waals surface area contributed by atoms with Crippen LogP contribution in [0.5, 0.6) is 0 Å². The third-order valence-electron chi connectivity index (χ3n) is 4.63. The monoisotopic (exact) mass is 269 g/mol. The summed E-state index contributed by atoms with van der Waals surface area (Å²) < 4.78 is 11.3. The Hall–Kier alpha value is -1.42. The fourth-order valence-corrected chi connectivity index (χ4v) is 3.45. The minimum atomic E-state index is 0.0568. The Balaban J connectivity index is 1.83. The molecule has 2 aromatic carbocycles. The summed E-state index contributed by atoms with van der Waals surface area (Å²) in [6.45, 7) is 4.07. The van der Waals surface area contributed by atoms with E-state index in [1.807, 2.05) is 0 Å². The zero-order valence-corrected chi connectivity index (χ0v) is 11.5. The predicted molar refractivity (Wildman–Crippen MR) is 79.1 cm³/mol.